The summed E-state index contributed by atoms with van der Waals surface area (Å²) in [6.07, 6.45) is 1.66. The van der Waals surface area contributed by atoms with Crippen molar-refractivity contribution in [1.82, 2.24) is 4.90 Å². The van der Waals surface area contributed by atoms with Gasteiger partial charge in [0.2, 0.25) is 5.91 Å². The van der Waals surface area contributed by atoms with Crippen molar-refractivity contribution in [2.45, 2.75) is 64.7 Å². The van der Waals surface area contributed by atoms with Gasteiger partial charge in [-0.3, -0.25) is 9.10 Å². The third kappa shape index (κ3) is 6.33. The fraction of sp³-hybridized carbons (Fsp3) is 0.480. The van der Waals surface area contributed by atoms with E-state index in [0.29, 0.717) is 18.8 Å². The second-order valence-corrected chi connectivity index (χ2v) is 10.9. The zero-order chi connectivity index (χ0) is 23.2. The van der Waals surface area contributed by atoms with Gasteiger partial charge < -0.3 is 4.90 Å². The highest BCUT2D eigenvalue weighted by Gasteiger charge is 2.29. The normalized spacial score (nSPS) is 11.9. The van der Waals surface area contributed by atoms with Crippen molar-refractivity contribution >= 4 is 21.6 Å². The second kappa shape index (κ2) is 10.3. The molecule has 1 amide bonds. The number of anilines is 1. The molecule has 0 bridgehead atoms. The van der Waals surface area contributed by atoms with Gasteiger partial charge in [0.1, 0.15) is 6.54 Å². The lowest BCUT2D eigenvalue weighted by Crippen LogP contribution is -2.43. The van der Waals surface area contributed by atoms with Crippen LogP contribution in [0.4, 0.5) is 5.69 Å². The Kier molecular flexibility index (Phi) is 8.29. The number of nitrogens with zero attached hydrogens (tertiary/aromatic N) is 2. The van der Waals surface area contributed by atoms with Crippen LogP contribution in [0.25, 0.3) is 0 Å². The van der Waals surface area contributed by atoms with Crippen LogP contribution < -0.4 is 4.31 Å². The first-order valence-electron chi connectivity index (χ1n) is 11.0. The van der Waals surface area contributed by atoms with E-state index >= 15 is 0 Å². The van der Waals surface area contributed by atoms with E-state index in [1.54, 1.807) is 29.2 Å². The number of hydrogen-bond acceptors (Lipinski definition) is 3. The first-order valence-corrected chi connectivity index (χ1v) is 12.4. The number of benzene rings is 2. The number of amides is 1. The highest BCUT2D eigenvalue weighted by atomic mass is 32.2. The van der Waals surface area contributed by atoms with Crippen LogP contribution in [-0.2, 0) is 20.2 Å². The Labute approximate surface area is 188 Å². The molecule has 0 saturated carbocycles. The molecule has 0 N–H and O–H groups in total. The molecule has 0 aliphatic carbocycles. The molecule has 0 spiro atoms. The molecule has 0 unspecified atom stereocenters. The van der Waals surface area contributed by atoms with Gasteiger partial charge in [0, 0.05) is 13.1 Å². The molecule has 170 valence electrons. The van der Waals surface area contributed by atoms with Crippen molar-refractivity contribution in [3.05, 3.63) is 59.7 Å². The Morgan fingerprint density at radius 2 is 1.39 bits per heavy atom. The predicted octanol–water partition coefficient (Wildman–Crippen LogP) is 5.14. The Morgan fingerprint density at radius 3 is 1.84 bits per heavy atom. The number of aryl methyl sites for hydroxylation is 1. The molecule has 2 rings (SSSR count). The van der Waals surface area contributed by atoms with Crippen LogP contribution in [0.5, 0.6) is 0 Å². The zero-order valence-electron chi connectivity index (χ0n) is 19.7. The van der Waals surface area contributed by atoms with Crippen molar-refractivity contribution in [2.75, 3.05) is 23.9 Å². The number of carbonyl (C=O) groups is 1. The Bertz CT molecular complexity index is 953. The maximum absolute atomic E-state index is 13.6. The average Bonchev–Trinajstić information content (AvgIpc) is 2.72. The topological polar surface area (TPSA) is 57.7 Å². The van der Waals surface area contributed by atoms with Crippen LogP contribution in [0, 0.1) is 6.92 Å². The SMILES string of the molecule is CCCN(CCC)C(=O)CN(c1ccc(C)cc1)S(=O)(=O)c1ccc(C(C)(C)C)cc1. The summed E-state index contributed by atoms with van der Waals surface area (Å²) in [5, 5.41) is 0. The molecular formula is C25H36N2O3S. The minimum absolute atomic E-state index is 0.0737. The minimum Gasteiger partial charge on any atom is -0.341 e. The Hall–Kier alpha value is -2.34. The Balaban J connectivity index is 2.46. The van der Waals surface area contributed by atoms with E-state index in [2.05, 4.69) is 20.8 Å². The number of hydrogen-bond donors (Lipinski definition) is 0. The fourth-order valence-corrected chi connectivity index (χ4v) is 4.82. The predicted molar refractivity (Wildman–Crippen MR) is 128 cm³/mol. The van der Waals surface area contributed by atoms with Gasteiger partial charge in [0.05, 0.1) is 10.6 Å². The molecule has 5 nitrogen and oxygen atoms in total. The van der Waals surface area contributed by atoms with Crippen molar-refractivity contribution in [2.24, 2.45) is 0 Å². The summed E-state index contributed by atoms with van der Waals surface area (Å²) in [6.45, 7) is 13.3. The summed E-state index contributed by atoms with van der Waals surface area (Å²) < 4.78 is 28.5. The summed E-state index contributed by atoms with van der Waals surface area (Å²) in [5.41, 5.74) is 2.50. The van der Waals surface area contributed by atoms with Gasteiger partial charge in [-0.25, -0.2) is 8.42 Å². The molecule has 0 fully saturated rings. The molecule has 31 heavy (non-hydrogen) atoms. The van der Waals surface area contributed by atoms with Crippen LogP contribution in [0.3, 0.4) is 0 Å². The molecule has 0 radical (unpaired) electrons. The van der Waals surface area contributed by atoms with E-state index in [9.17, 15) is 13.2 Å². The first kappa shape index (κ1) is 24.9. The largest absolute Gasteiger partial charge is 0.341 e. The number of carbonyl (C=O) groups excluding carboxylic acids is 1. The second-order valence-electron chi connectivity index (χ2n) is 9.00. The van der Waals surface area contributed by atoms with Crippen LogP contribution >= 0.6 is 0 Å². The fourth-order valence-electron chi connectivity index (χ4n) is 3.40. The van der Waals surface area contributed by atoms with Crippen LogP contribution in [0.1, 0.15) is 58.6 Å². The molecule has 6 heteroatoms. The van der Waals surface area contributed by atoms with Crippen molar-refractivity contribution in [3.63, 3.8) is 0 Å². The molecule has 0 heterocycles. The van der Waals surface area contributed by atoms with Crippen molar-refractivity contribution in [3.8, 4) is 0 Å². The highest BCUT2D eigenvalue weighted by molar-refractivity contribution is 7.92. The van der Waals surface area contributed by atoms with E-state index in [1.165, 1.54) is 4.31 Å². The average molecular weight is 445 g/mol. The van der Waals surface area contributed by atoms with E-state index in [1.807, 2.05) is 45.0 Å². The van der Waals surface area contributed by atoms with Crippen LogP contribution in [-0.4, -0.2) is 38.9 Å². The molecule has 2 aromatic rings. The van der Waals surface area contributed by atoms with Gasteiger partial charge in [-0.1, -0.05) is 64.4 Å². The molecular weight excluding hydrogens is 408 g/mol. The van der Waals surface area contributed by atoms with Gasteiger partial charge in [-0.05, 0) is 55.0 Å². The molecule has 0 aromatic heterocycles. The maximum atomic E-state index is 13.6. The zero-order valence-corrected chi connectivity index (χ0v) is 20.5. The van der Waals surface area contributed by atoms with Gasteiger partial charge in [0.15, 0.2) is 0 Å². The maximum Gasteiger partial charge on any atom is 0.264 e. The lowest BCUT2D eigenvalue weighted by atomic mass is 9.87. The van der Waals surface area contributed by atoms with Gasteiger partial charge in [-0.2, -0.15) is 0 Å². The molecule has 2 aromatic carbocycles. The van der Waals surface area contributed by atoms with Crippen LogP contribution in [0.2, 0.25) is 0 Å². The number of sulfonamides is 1. The monoisotopic (exact) mass is 444 g/mol. The van der Waals surface area contributed by atoms with E-state index in [4.69, 9.17) is 0 Å². The summed E-state index contributed by atoms with van der Waals surface area (Å²) >= 11 is 0. The molecule has 0 saturated heterocycles. The third-order valence-electron chi connectivity index (χ3n) is 5.25. The summed E-state index contributed by atoms with van der Waals surface area (Å²) in [7, 11) is -3.90. The quantitative estimate of drug-likeness (QED) is 0.538. The third-order valence-corrected chi connectivity index (χ3v) is 7.04. The minimum atomic E-state index is -3.90. The van der Waals surface area contributed by atoms with Crippen molar-refractivity contribution < 1.29 is 13.2 Å². The standard InChI is InChI=1S/C25H36N2O3S/c1-7-17-26(18-8-2)24(28)19-27(22-13-9-20(3)10-14-22)31(29,30)23-15-11-21(12-16-23)25(4,5)6/h9-16H,7-8,17-19H2,1-6H3. The van der Waals surface area contributed by atoms with Gasteiger partial charge >= 0.3 is 0 Å². The smallest absolute Gasteiger partial charge is 0.264 e. The van der Waals surface area contributed by atoms with Crippen LogP contribution in [0.15, 0.2) is 53.4 Å². The summed E-state index contributed by atoms with van der Waals surface area (Å²) in [6, 6.07) is 14.2. The molecule has 0 atom stereocenters. The van der Waals surface area contributed by atoms with Gasteiger partial charge in [-0.15, -0.1) is 0 Å². The highest BCUT2D eigenvalue weighted by Crippen LogP contribution is 2.27. The molecule has 0 aliphatic heterocycles. The number of rotatable bonds is 9. The molecule has 0 aliphatic rings. The van der Waals surface area contributed by atoms with E-state index in [-0.39, 0.29) is 22.8 Å². The summed E-state index contributed by atoms with van der Waals surface area (Å²) in [5.74, 6) is -0.181. The first-order chi connectivity index (χ1) is 14.5. The lowest BCUT2D eigenvalue weighted by Gasteiger charge is -2.28. The van der Waals surface area contributed by atoms with E-state index < -0.39 is 10.0 Å². The summed E-state index contributed by atoms with van der Waals surface area (Å²) in [4.78, 5) is 15.0. The van der Waals surface area contributed by atoms with Crippen molar-refractivity contribution in [1.29, 1.82) is 0 Å². The van der Waals surface area contributed by atoms with Gasteiger partial charge in [0.25, 0.3) is 10.0 Å². The van der Waals surface area contributed by atoms with E-state index in [0.717, 1.165) is 24.0 Å². The Morgan fingerprint density at radius 1 is 0.871 bits per heavy atom. The lowest BCUT2D eigenvalue weighted by molar-refractivity contribution is -0.129.